The minimum atomic E-state index is -1.17. The first-order chi connectivity index (χ1) is 21.4. The molecule has 0 spiro atoms. The Bertz CT molecular complexity index is 1600. The van der Waals surface area contributed by atoms with E-state index in [0.717, 1.165) is 0 Å². The number of esters is 1. The molecule has 1 aromatic carbocycles. The molecule has 2 aromatic rings. The van der Waals surface area contributed by atoms with Crippen molar-refractivity contribution in [3.63, 3.8) is 0 Å². The van der Waals surface area contributed by atoms with E-state index in [4.69, 9.17) is 9.73 Å². The topological polar surface area (TPSA) is 151 Å². The van der Waals surface area contributed by atoms with Crippen LogP contribution in [0, 0.1) is 29.5 Å². The Morgan fingerprint density at radius 2 is 2.09 bits per heavy atom. The maximum absolute atomic E-state index is 14.8. The lowest BCUT2D eigenvalue weighted by Crippen LogP contribution is -2.61. The monoisotopic (exact) mass is 637 g/mol. The molecule has 3 aliphatic heterocycles. The summed E-state index contributed by atoms with van der Waals surface area (Å²) in [7, 11) is 0. The molecule has 2 fully saturated rings. The van der Waals surface area contributed by atoms with Crippen LogP contribution >= 0.6 is 11.3 Å². The maximum Gasteiger partial charge on any atom is 0.338 e. The minimum Gasteiger partial charge on any atom is -0.481 e. The van der Waals surface area contributed by atoms with Crippen LogP contribution < -0.4 is 5.32 Å². The molecule has 45 heavy (non-hydrogen) atoms. The van der Waals surface area contributed by atoms with Crippen LogP contribution in [-0.2, 0) is 14.3 Å². The number of ether oxygens (including phenoxy) is 1. The number of urea groups is 1. The number of hydrogen-bond donors (Lipinski definition) is 2. The van der Waals surface area contributed by atoms with Crippen molar-refractivity contribution in [1.29, 1.82) is 5.26 Å². The van der Waals surface area contributed by atoms with Crippen molar-refractivity contribution in [2.24, 2.45) is 10.4 Å². The molecule has 2 amide bonds. The third kappa shape index (κ3) is 6.14. The number of piperazine rings is 1. The molecule has 0 aliphatic carbocycles. The number of nitrogens with one attached hydrogen (secondary N) is 1. The Morgan fingerprint density at radius 1 is 1.31 bits per heavy atom. The van der Waals surface area contributed by atoms with E-state index in [1.165, 1.54) is 22.3 Å². The molecule has 0 saturated carbocycles. The van der Waals surface area contributed by atoms with Gasteiger partial charge in [0, 0.05) is 56.5 Å². The molecule has 2 unspecified atom stereocenters. The van der Waals surface area contributed by atoms with Crippen LogP contribution in [0.2, 0.25) is 0 Å². The predicted molar refractivity (Wildman–Crippen MR) is 164 cm³/mol. The number of carboxylic acids is 1. The van der Waals surface area contributed by atoms with Crippen molar-refractivity contribution < 1.29 is 28.6 Å². The van der Waals surface area contributed by atoms with Crippen LogP contribution in [0.1, 0.15) is 49.4 Å². The Kier molecular flexibility index (Phi) is 8.95. The van der Waals surface area contributed by atoms with Gasteiger partial charge in [-0.3, -0.25) is 14.7 Å². The number of carboxylic acid groups (broad SMARTS) is 1. The fourth-order valence-corrected chi connectivity index (χ4v) is 6.82. The number of fused-ring (bicyclic) bond motifs is 1. The highest BCUT2D eigenvalue weighted by Crippen LogP contribution is 2.38. The van der Waals surface area contributed by atoms with Gasteiger partial charge in [-0.25, -0.2) is 19.0 Å². The standard InChI is InChI=1S/C31H36FN7O5S/c1-5-44-27(40)23-22(35-25(26-34-11-14-45-26)36-24(23)20-7-6-8-21(32)19(20)2)15-37-12-13-39-29(43)38(16-30(3,4)28(41)42)18-31(39,17-37)9-10-33/h6-8,11,14,24H,5,9,12-13,15-18H2,1-4H3,(H,35,36)(H,41,42). The van der Waals surface area contributed by atoms with E-state index in [0.29, 0.717) is 47.3 Å². The zero-order valence-electron chi connectivity index (χ0n) is 25.7. The zero-order chi connectivity index (χ0) is 32.5. The van der Waals surface area contributed by atoms with Gasteiger partial charge in [0.25, 0.3) is 0 Å². The summed E-state index contributed by atoms with van der Waals surface area (Å²) in [6.07, 6.45) is 1.70. The molecular weight excluding hydrogens is 601 g/mol. The first kappa shape index (κ1) is 32.1. The normalized spacial score (nSPS) is 22.1. The van der Waals surface area contributed by atoms with Crippen molar-refractivity contribution in [2.75, 3.05) is 45.9 Å². The number of nitrogens with zero attached hydrogens (tertiary/aromatic N) is 6. The number of carbonyl (C=O) groups is 3. The third-order valence-corrected chi connectivity index (χ3v) is 9.31. The van der Waals surface area contributed by atoms with Gasteiger partial charge in [0.05, 0.1) is 35.6 Å². The summed E-state index contributed by atoms with van der Waals surface area (Å²) >= 11 is 1.37. The van der Waals surface area contributed by atoms with Gasteiger partial charge in [0.1, 0.15) is 11.9 Å². The highest BCUT2D eigenvalue weighted by molar-refractivity contribution is 7.11. The summed E-state index contributed by atoms with van der Waals surface area (Å²) in [5.41, 5.74) is -0.397. The molecular formula is C31H36FN7O5S. The van der Waals surface area contributed by atoms with Crippen LogP contribution in [0.15, 0.2) is 46.0 Å². The van der Waals surface area contributed by atoms with Crippen molar-refractivity contribution in [3.05, 3.63) is 63.0 Å². The molecule has 4 heterocycles. The largest absolute Gasteiger partial charge is 0.481 e. The van der Waals surface area contributed by atoms with Crippen molar-refractivity contribution in [1.82, 2.24) is 25.0 Å². The van der Waals surface area contributed by atoms with Gasteiger partial charge in [-0.2, -0.15) is 5.26 Å². The molecule has 2 atom stereocenters. The summed E-state index contributed by atoms with van der Waals surface area (Å²) in [5, 5.41) is 25.2. The number of carbonyl (C=O) groups excluding carboxylic acids is 2. The van der Waals surface area contributed by atoms with Crippen LogP contribution in [0.4, 0.5) is 9.18 Å². The first-order valence-corrected chi connectivity index (χ1v) is 15.6. The highest BCUT2D eigenvalue weighted by atomic mass is 32.1. The Morgan fingerprint density at radius 3 is 2.76 bits per heavy atom. The second kappa shape index (κ2) is 12.6. The minimum absolute atomic E-state index is 0.00681. The van der Waals surface area contributed by atoms with Crippen molar-refractivity contribution in [3.8, 4) is 6.07 Å². The van der Waals surface area contributed by atoms with Gasteiger partial charge in [-0.1, -0.05) is 12.1 Å². The average Bonchev–Trinajstić information content (AvgIpc) is 3.61. The molecule has 2 N–H and O–H groups in total. The van der Waals surface area contributed by atoms with Crippen LogP contribution in [0.5, 0.6) is 0 Å². The van der Waals surface area contributed by atoms with Crippen LogP contribution in [0.3, 0.4) is 0 Å². The van der Waals surface area contributed by atoms with Gasteiger partial charge in [-0.15, -0.1) is 11.3 Å². The number of aliphatic imine (C=N–C) groups is 1. The summed E-state index contributed by atoms with van der Waals surface area (Å²) in [4.78, 5) is 53.4. The van der Waals surface area contributed by atoms with Crippen LogP contribution in [-0.4, -0.2) is 100 Å². The maximum atomic E-state index is 14.8. The average molecular weight is 638 g/mol. The molecule has 2 saturated heterocycles. The second-order valence-corrected chi connectivity index (χ2v) is 13.1. The lowest BCUT2D eigenvalue weighted by molar-refractivity contribution is -0.147. The van der Waals surface area contributed by atoms with Gasteiger partial charge in [-0.05, 0) is 44.9 Å². The molecule has 5 rings (SSSR count). The quantitative estimate of drug-likeness (QED) is 0.374. The summed E-state index contributed by atoms with van der Waals surface area (Å²) < 4.78 is 20.3. The fraction of sp³-hybridized carbons (Fsp3) is 0.484. The highest BCUT2D eigenvalue weighted by Gasteiger charge is 2.53. The number of aliphatic carboxylic acids is 1. The molecule has 0 bridgehead atoms. The van der Waals surface area contributed by atoms with E-state index >= 15 is 0 Å². The summed E-state index contributed by atoms with van der Waals surface area (Å²) in [6.45, 7) is 8.10. The number of rotatable bonds is 10. The number of aromatic nitrogens is 1. The van der Waals surface area contributed by atoms with Gasteiger partial charge < -0.3 is 25.0 Å². The molecule has 3 aliphatic rings. The molecule has 0 radical (unpaired) electrons. The summed E-state index contributed by atoms with van der Waals surface area (Å²) in [6, 6.07) is 5.76. The second-order valence-electron chi connectivity index (χ2n) is 12.2. The molecule has 1 aromatic heterocycles. The molecule has 12 nitrogen and oxygen atoms in total. The van der Waals surface area contributed by atoms with Gasteiger partial charge in [0.15, 0.2) is 10.8 Å². The number of thiazole rings is 1. The number of halogens is 1. The smallest absolute Gasteiger partial charge is 0.338 e. The van der Waals surface area contributed by atoms with E-state index in [9.17, 15) is 29.1 Å². The number of hydrogen-bond acceptors (Lipinski definition) is 10. The Labute approximate surface area is 264 Å². The summed E-state index contributed by atoms with van der Waals surface area (Å²) in [5.74, 6) is -1.58. The van der Waals surface area contributed by atoms with Crippen molar-refractivity contribution in [2.45, 2.75) is 45.7 Å². The van der Waals surface area contributed by atoms with E-state index < -0.39 is 34.8 Å². The number of amides is 2. The Balaban J connectivity index is 1.52. The number of nitriles is 1. The van der Waals surface area contributed by atoms with E-state index in [2.05, 4.69) is 21.3 Å². The molecule has 14 heteroatoms. The van der Waals surface area contributed by atoms with E-state index in [-0.39, 0.29) is 44.3 Å². The number of benzene rings is 1. The Hall–Kier alpha value is -4.35. The molecule has 238 valence electrons. The zero-order valence-corrected chi connectivity index (χ0v) is 26.5. The third-order valence-electron chi connectivity index (χ3n) is 8.53. The fourth-order valence-electron chi connectivity index (χ4n) is 6.23. The predicted octanol–water partition coefficient (Wildman–Crippen LogP) is 3.32. The first-order valence-electron chi connectivity index (χ1n) is 14.7. The van der Waals surface area contributed by atoms with E-state index in [1.54, 1.807) is 50.9 Å². The van der Waals surface area contributed by atoms with Crippen molar-refractivity contribution >= 4 is 35.1 Å². The lowest BCUT2D eigenvalue weighted by Gasteiger charge is -2.45. The number of amidine groups is 1. The lowest BCUT2D eigenvalue weighted by atomic mass is 9.89. The van der Waals surface area contributed by atoms with Gasteiger partial charge >= 0.3 is 18.0 Å². The van der Waals surface area contributed by atoms with Crippen LogP contribution in [0.25, 0.3) is 0 Å². The SMILES string of the molecule is CCOC(=O)C1=C(CN2CCN3C(=O)N(CC(C)(C)C(=O)O)CC3(CC#N)C2)NC(c2nccs2)=NC1c1cccc(F)c1C. The van der Waals surface area contributed by atoms with E-state index in [1.807, 2.05) is 5.38 Å². The van der Waals surface area contributed by atoms with Gasteiger partial charge in [0.2, 0.25) is 0 Å².